The van der Waals surface area contributed by atoms with E-state index in [0.29, 0.717) is 11.4 Å². The third-order valence-electron chi connectivity index (χ3n) is 5.03. The largest absolute Gasteiger partial charge is 0.497 e. The monoisotopic (exact) mass is 470 g/mol. The lowest BCUT2D eigenvalue weighted by atomic mass is 10.2. The molecule has 2 unspecified atom stereocenters. The molecule has 8 nitrogen and oxygen atoms in total. The standard InChI is InChI=1S/C20H24ClFN4O4S/c1-12-20(13(2)25-24-12)31(28,29)26(15-5-7-16(30-3)8-6-15)11-19(27)23-14-4-9-18(22)17(21)10-14/h4-10,12-13,20,24-25H,11H2,1-3H3,(H,23,27). The number of hydrazine groups is 1. The first kappa shape index (κ1) is 23.3. The number of hydrogen-bond donors (Lipinski definition) is 3. The number of nitrogens with one attached hydrogen (secondary N) is 3. The van der Waals surface area contributed by atoms with Crippen LogP contribution in [0, 0.1) is 5.82 Å². The molecule has 168 valence electrons. The molecule has 3 N–H and O–H groups in total. The molecule has 0 aliphatic carbocycles. The minimum atomic E-state index is -3.95. The number of nitrogens with zero attached hydrogens (tertiary/aromatic N) is 1. The van der Waals surface area contributed by atoms with E-state index in [-0.39, 0.29) is 22.8 Å². The Labute approximate surface area is 185 Å². The first-order valence-corrected chi connectivity index (χ1v) is 11.4. The third-order valence-corrected chi connectivity index (χ3v) is 7.77. The van der Waals surface area contributed by atoms with Crippen LogP contribution in [-0.2, 0) is 14.8 Å². The SMILES string of the molecule is COc1ccc(N(CC(=O)Nc2ccc(F)c(Cl)c2)S(=O)(=O)C2C(C)NNC2C)cc1. The highest BCUT2D eigenvalue weighted by Gasteiger charge is 2.44. The van der Waals surface area contributed by atoms with E-state index in [1.165, 1.54) is 19.2 Å². The van der Waals surface area contributed by atoms with Crippen LogP contribution in [0.25, 0.3) is 0 Å². The normalized spacial score (nSPS) is 21.0. The Kier molecular flexibility index (Phi) is 7.05. The van der Waals surface area contributed by atoms with Gasteiger partial charge in [-0.3, -0.25) is 20.0 Å². The zero-order valence-electron chi connectivity index (χ0n) is 17.2. The van der Waals surface area contributed by atoms with Gasteiger partial charge < -0.3 is 10.1 Å². The van der Waals surface area contributed by atoms with Crippen LogP contribution in [0.4, 0.5) is 15.8 Å². The van der Waals surface area contributed by atoms with Gasteiger partial charge >= 0.3 is 0 Å². The molecule has 1 heterocycles. The van der Waals surface area contributed by atoms with Crippen molar-refractivity contribution in [2.45, 2.75) is 31.2 Å². The van der Waals surface area contributed by atoms with Gasteiger partial charge in [0.2, 0.25) is 15.9 Å². The van der Waals surface area contributed by atoms with Crippen LogP contribution in [0.1, 0.15) is 13.8 Å². The Morgan fingerprint density at radius 2 is 1.77 bits per heavy atom. The molecule has 0 aromatic heterocycles. The van der Waals surface area contributed by atoms with Gasteiger partial charge in [0.15, 0.2) is 0 Å². The highest BCUT2D eigenvalue weighted by Crippen LogP contribution is 2.27. The Morgan fingerprint density at radius 3 is 2.32 bits per heavy atom. The predicted octanol–water partition coefficient (Wildman–Crippen LogP) is 2.52. The molecule has 1 amide bonds. The Hall–Kier alpha value is -2.40. The maximum Gasteiger partial charge on any atom is 0.245 e. The molecular weight excluding hydrogens is 447 g/mol. The number of benzene rings is 2. The van der Waals surface area contributed by atoms with E-state index in [1.54, 1.807) is 38.1 Å². The van der Waals surface area contributed by atoms with E-state index >= 15 is 0 Å². The maximum absolute atomic E-state index is 13.6. The van der Waals surface area contributed by atoms with Crippen LogP contribution in [0.5, 0.6) is 5.75 Å². The summed E-state index contributed by atoms with van der Waals surface area (Å²) < 4.78 is 46.7. The molecule has 3 rings (SSSR count). The van der Waals surface area contributed by atoms with Crippen molar-refractivity contribution < 1.29 is 22.3 Å². The van der Waals surface area contributed by atoms with Crippen LogP contribution in [0.15, 0.2) is 42.5 Å². The third kappa shape index (κ3) is 5.09. The smallest absolute Gasteiger partial charge is 0.245 e. The average Bonchev–Trinajstić information content (AvgIpc) is 3.08. The second-order valence-corrected chi connectivity index (χ2v) is 9.68. The number of amides is 1. The highest BCUT2D eigenvalue weighted by molar-refractivity contribution is 7.93. The van der Waals surface area contributed by atoms with Gasteiger partial charge in [0.1, 0.15) is 23.4 Å². The van der Waals surface area contributed by atoms with Crippen molar-refractivity contribution in [3.63, 3.8) is 0 Å². The number of carbonyl (C=O) groups is 1. The Morgan fingerprint density at radius 1 is 1.16 bits per heavy atom. The van der Waals surface area contributed by atoms with Gasteiger partial charge in [-0.2, -0.15) is 0 Å². The minimum absolute atomic E-state index is 0.150. The molecule has 2 aromatic carbocycles. The van der Waals surface area contributed by atoms with Gasteiger partial charge in [0.05, 0.1) is 17.8 Å². The Balaban J connectivity index is 1.91. The van der Waals surface area contributed by atoms with Crippen LogP contribution >= 0.6 is 11.6 Å². The zero-order valence-corrected chi connectivity index (χ0v) is 18.8. The molecule has 1 aliphatic heterocycles. The van der Waals surface area contributed by atoms with Crippen LogP contribution in [0.2, 0.25) is 5.02 Å². The molecule has 31 heavy (non-hydrogen) atoms. The van der Waals surface area contributed by atoms with Gasteiger partial charge in [-0.25, -0.2) is 12.8 Å². The van der Waals surface area contributed by atoms with Crippen LogP contribution in [-0.4, -0.2) is 45.3 Å². The Bertz CT molecular complexity index is 1040. The van der Waals surface area contributed by atoms with Crippen molar-refractivity contribution in [3.8, 4) is 5.75 Å². The molecule has 1 saturated heterocycles. The van der Waals surface area contributed by atoms with Gasteiger partial charge in [-0.1, -0.05) is 11.6 Å². The van der Waals surface area contributed by atoms with Gasteiger partial charge in [0.25, 0.3) is 0 Å². The predicted molar refractivity (Wildman–Crippen MR) is 118 cm³/mol. The molecule has 0 spiro atoms. The second-order valence-electron chi connectivity index (χ2n) is 7.26. The summed E-state index contributed by atoms with van der Waals surface area (Å²) in [5, 5.41) is 1.61. The number of ether oxygens (including phenoxy) is 1. The fourth-order valence-electron chi connectivity index (χ4n) is 3.50. The number of sulfonamides is 1. The number of methoxy groups -OCH3 is 1. The molecule has 11 heteroatoms. The molecule has 0 radical (unpaired) electrons. The zero-order chi connectivity index (χ0) is 22.8. The number of carbonyl (C=O) groups excluding carboxylic acids is 1. The maximum atomic E-state index is 13.6. The second kappa shape index (κ2) is 9.39. The molecular formula is C20H24ClFN4O4S. The summed E-state index contributed by atoms with van der Waals surface area (Å²) in [6.07, 6.45) is 0. The first-order chi connectivity index (χ1) is 14.6. The molecule has 0 bridgehead atoms. The summed E-state index contributed by atoms with van der Waals surface area (Å²) >= 11 is 5.76. The van der Waals surface area contributed by atoms with Crippen molar-refractivity contribution >= 4 is 38.9 Å². The lowest BCUT2D eigenvalue weighted by Crippen LogP contribution is -2.49. The molecule has 1 aliphatic rings. The van der Waals surface area contributed by atoms with Crippen LogP contribution in [0.3, 0.4) is 0 Å². The molecule has 0 saturated carbocycles. The summed E-state index contributed by atoms with van der Waals surface area (Å²) in [5.74, 6) is -0.662. The van der Waals surface area contributed by atoms with E-state index in [4.69, 9.17) is 16.3 Å². The first-order valence-electron chi connectivity index (χ1n) is 9.55. The van der Waals surface area contributed by atoms with Crippen molar-refractivity contribution in [2.24, 2.45) is 0 Å². The number of rotatable bonds is 7. The summed E-state index contributed by atoms with van der Waals surface area (Å²) in [7, 11) is -2.45. The van der Waals surface area contributed by atoms with Gasteiger partial charge in [0, 0.05) is 17.8 Å². The summed E-state index contributed by atoms with van der Waals surface area (Å²) in [6, 6.07) is 9.36. The van der Waals surface area contributed by atoms with E-state index in [2.05, 4.69) is 16.2 Å². The van der Waals surface area contributed by atoms with E-state index < -0.39 is 33.5 Å². The van der Waals surface area contributed by atoms with E-state index in [9.17, 15) is 17.6 Å². The van der Waals surface area contributed by atoms with Crippen molar-refractivity contribution in [3.05, 3.63) is 53.3 Å². The summed E-state index contributed by atoms with van der Waals surface area (Å²) in [4.78, 5) is 12.7. The quantitative estimate of drug-likeness (QED) is 0.575. The number of anilines is 2. The minimum Gasteiger partial charge on any atom is -0.497 e. The van der Waals surface area contributed by atoms with E-state index in [1.807, 2.05) is 0 Å². The average molecular weight is 471 g/mol. The molecule has 1 fully saturated rings. The topological polar surface area (TPSA) is 99.8 Å². The molecule has 2 atom stereocenters. The summed E-state index contributed by atoms with van der Waals surface area (Å²) in [6.45, 7) is 3.04. The van der Waals surface area contributed by atoms with Gasteiger partial charge in [-0.05, 0) is 56.3 Å². The van der Waals surface area contributed by atoms with Gasteiger partial charge in [-0.15, -0.1) is 0 Å². The lowest BCUT2D eigenvalue weighted by molar-refractivity contribution is -0.114. The van der Waals surface area contributed by atoms with Crippen molar-refractivity contribution in [1.82, 2.24) is 10.9 Å². The van der Waals surface area contributed by atoms with Crippen molar-refractivity contribution in [1.29, 1.82) is 0 Å². The fraction of sp³-hybridized carbons (Fsp3) is 0.350. The molecule has 2 aromatic rings. The summed E-state index contributed by atoms with van der Waals surface area (Å²) in [5.41, 5.74) is 6.43. The van der Waals surface area contributed by atoms with Crippen LogP contribution < -0.4 is 25.2 Å². The lowest BCUT2D eigenvalue weighted by Gasteiger charge is -2.30. The van der Waals surface area contributed by atoms with E-state index in [0.717, 1.165) is 10.4 Å². The number of halogens is 2. The fourth-order valence-corrected chi connectivity index (χ4v) is 5.86. The number of hydrogen-bond acceptors (Lipinski definition) is 6. The van der Waals surface area contributed by atoms with Crippen molar-refractivity contribution in [2.75, 3.05) is 23.3 Å². The highest BCUT2D eigenvalue weighted by atomic mass is 35.5.